The van der Waals surface area contributed by atoms with E-state index in [2.05, 4.69) is 45.2 Å². The van der Waals surface area contributed by atoms with Crippen molar-refractivity contribution in [2.45, 2.75) is 18.8 Å². The van der Waals surface area contributed by atoms with Gasteiger partial charge in [0.2, 0.25) is 0 Å². The monoisotopic (exact) mass is 288 g/mol. The molecule has 3 heteroatoms. The number of aromatic amines is 1. The number of fused-ring (bicyclic) bond motifs is 3. The van der Waals surface area contributed by atoms with Crippen molar-refractivity contribution in [2.75, 3.05) is 0 Å². The third kappa shape index (κ3) is 1.48. The Kier molecular flexibility index (Phi) is 2.01. The van der Waals surface area contributed by atoms with Crippen LogP contribution >= 0.6 is 15.9 Å². The molecule has 1 heterocycles. The molecule has 2 nitrogen and oxygen atoms in total. The Morgan fingerprint density at radius 2 is 2.18 bits per heavy atom. The quantitative estimate of drug-likeness (QED) is 0.790. The van der Waals surface area contributed by atoms with Crippen molar-refractivity contribution in [1.82, 2.24) is 9.97 Å². The summed E-state index contributed by atoms with van der Waals surface area (Å²) in [7, 11) is 0. The van der Waals surface area contributed by atoms with Crippen LogP contribution in [0, 0.1) is 11.8 Å². The summed E-state index contributed by atoms with van der Waals surface area (Å²) >= 11 is 3.50. The second-order valence-corrected chi connectivity index (χ2v) is 6.09. The molecular formula is C14H13BrN2. The highest BCUT2D eigenvalue weighted by atomic mass is 79.9. The van der Waals surface area contributed by atoms with E-state index < -0.39 is 0 Å². The highest BCUT2D eigenvalue weighted by Gasteiger charge is 2.37. The summed E-state index contributed by atoms with van der Waals surface area (Å²) in [5.41, 5.74) is 2.22. The highest BCUT2D eigenvalue weighted by Crippen LogP contribution is 2.48. The van der Waals surface area contributed by atoms with E-state index in [1.807, 2.05) is 6.07 Å². The van der Waals surface area contributed by atoms with E-state index in [1.165, 1.54) is 18.7 Å². The van der Waals surface area contributed by atoms with Crippen LogP contribution in [-0.4, -0.2) is 9.97 Å². The van der Waals surface area contributed by atoms with E-state index in [9.17, 15) is 0 Å². The van der Waals surface area contributed by atoms with E-state index in [-0.39, 0.29) is 0 Å². The minimum Gasteiger partial charge on any atom is -0.342 e. The second kappa shape index (κ2) is 3.45. The van der Waals surface area contributed by atoms with E-state index in [0.29, 0.717) is 11.8 Å². The molecule has 2 aliphatic carbocycles. The van der Waals surface area contributed by atoms with Crippen LogP contribution in [-0.2, 0) is 0 Å². The van der Waals surface area contributed by atoms with E-state index in [0.717, 1.165) is 21.4 Å². The molecule has 0 amide bonds. The molecule has 86 valence electrons. The Hall–Kier alpha value is -1.09. The van der Waals surface area contributed by atoms with Crippen LogP contribution < -0.4 is 0 Å². The van der Waals surface area contributed by atoms with Gasteiger partial charge in [-0.1, -0.05) is 28.1 Å². The molecule has 4 rings (SSSR count). The van der Waals surface area contributed by atoms with Crippen molar-refractivity contribution in [3.8, 4) is 0 Å². The smallest absolute Gasteiger partial charge is 0.110 e. The number of hydrogen-bond acceptors (Lipinski definition) is 1. The fraction of sp³-hybridized carbons (Fsp3) is 0.357. The molecule has 1 saturated carbocycles. The number of benzene rings is 1. The van der Waals surface area contributed by atoms with Crippen LogP contribution in [0.25, 0.3) is 11.0 Å². The lowest BCUT2D eigenvalue weighted by Crippen LogP contribution is -2.06. The first-order chi connectivity index (χ1) is 8.29. The molecule has 3 atom stereocenters. The van der Waals surface area contributed by atoms with Crippen molar-refractivity contribution in [3.63, 3.8) is 0 Å². The number of halogens is 1. The van der Waals surface area contributed by atoms with Gasteiger partial charge in [-0.25, -0.2) is 4.98 Å². The molecule has 1 aromatic carbocycles. The number of hydrogen-bond donors (Lipinski definition) is 1. The highest BCUT2D eigenvalue weighted by molar-refractivity contribution is 9.10. The average Bonchev–Trinajstić information content (AvgIpc) is 3.01. The lowest BCUT2D eigenvalue weighted by molar-refractivity contribution is 0.559. The molecular weight excluding hydrogens is 276 g/mol. The first-order valence-electron chi connectivity index (χ1n) is 6.13. The first-order valence-corrected chi connectivity index (χ1v) is 6.92. The molecule has 1 fully saturated rings. The fourth-order valence-corrected chi connectivity index (χ4v) is 3.63. The molecule has 2 aliphatic rings. The Labute approximate surface area is 108 Å². The van der Waals surface area contributed by atoms with Crippen LogP contribution in [0.1, 0.15) is 24.6 Å². The molecule has 0 spiro atoms. The second-order valence-electron chi connectivity index (χ2n) is 5.17. The first kappa shape index (κ1) is 9.89. The van der Waals surface area contributed by atoms with Gasteiger partial charge in [0.15, 0.2) is 0 Å². The largest absolute Gasteiger partial charge is 0.342 e. The summed E-state index contributed by atoms with van der Waals surface area (Å²) in [6, 6.07) is 6.23. The molecule has 1 N–H and O–H groups in total. The van der Waals surface area contributed by atoms with Gasteiger partial charge in [0, 0.05) is 10.4 Å². The number of imidazole rings is 1. The summed E-state index contributed by atoms with van der Waals surface area (Å²) < 4.78 is 1.10. The molecule has 3 unspecified atom stereocenters. The van der Waals surface area contributed by atoms with Crippen LogP contribution in [0.4, 0.5) is 0 Å². The summed E-state index contributed by atoms with van der Waals surface area (Å²) in [4.78, 5) is 8.23. The maximum absolute atomic E-state index is 4.74. The standard InChI is InChI=1S/C14H13BrN2/c15-10-3-4-12-13(7-10)17-14(16-12)11-6-8-1-2-9(11)5-8/h1-4,7-9,11H,5-6H2,(H,16,17). The number of nitrogens with one attached hydrogen (secondary N) is 1. The number of rotatable bonds is 1. The maximum atomic E-state index is 4.74. The zero-order valence-electron chi connectivity index (χ0n) is 9.36. The summed E-state index contributed by atoms with van der Waals surface area (Å²) in [5, 5.41) is 0. The summed E-state index contributed by atoms with van der Waals surface area (Å²) in [5.74, 6) is 3.29. The minimum absolute atomic E-state index is 0.608. The third-order valence-electron chi connectivity index (χ3n) is 4.09. The Morgan fingerprint density at radius 1 is 1.24 bits per heavy atom. The van der Waals surface area contributed by atoms with Crippen molar-refractivity contribution in [1.29, 1.82) is 0 Å². The van der Waals surface area contributed by atoms with Gasteiger partial charge in [-0.05, 0) is 42.9 Å². The van der Waals surface area contributed by atoms with Crippen molar-refractivity contribution >= 4 is 27.0 Å². The third-order valence-corrected chi connectivity index (χ3v) is 4.59. The van der Waals surface area contributed by atoms with Gasteiger partial charge in [-0.2, -0.15) is 0 Å². The molecule has 0 aliphatic heterocycles. The molecule has 1 aromatic heterocycles. The van der Waals surface area contributed by atoms with Crippen LogP contribution in [0.15, 0.2) is 34.8 Å². The molecule has 0 radical (unpaired) electrons. The van der Waals surface area contributed by atoms with Crippen LogP contribution in [0.3, 0.4) is 0 Å². The molecule has 17 heavy (non-hydrogen) atoms. The van der Waals surface area contributed by atoms with Crippen molar-refractivity contribution in [3.05, 3.63) is 40.6 Å². The lowest BCUT2D eigenvalue weighted by Gasteiger charge is -2.14. The predicted octanol–water partition coefficient (Wildman–Crippen LogP) is 4.01. The van der Waals surface area contributed by atoms with E-state index in [1.54, 1.807) is 0 Å². The molecule has 2 bridgehead atoms. The molecule has 2 aromatic rings. The summed E-state index contributed by atoms with van der Waals surface area (Å²) in [6.07, 6.45) is 7.34. The maximum Gasteiger partial charge on any atom is 0.110 e. The van der Waals surface area contributed by atoms with Gasteiger partial charge >= 0.3 is 0 Å². The lowest BCUT2D eigenvalue weighted by atomic mass is 9.93. The Balaban J connectivity index is 1.79. The summed E-state index contributed by atoms with van der Waals surface area (Å²) in [6.45, 7) is 0. The topological polar surface area (TPSA) is 28.7 Å². The predicted molar refractivity (Wildman–Crippen MR) is 71.9 cm³/mol. The van der Waals surface area contributed by atoms with Crippen LogP contribution in [0.5, 0.6) is 0 Å². The van der Waals surface area contributed by atoms with Gasteiger partial charge in [-0.3, -0.25) is 0 Å². The van der Waals surface area contributed by atoms with Crippen molar-refractivity contribution < 1.29 is 0 Å². The zero-order chi connectivity index (χ0) is 11.4. The number of nitrogens with zero attached hydrogens (tertiary/aromatic N) is 1. The van der Waals surface area contributed by atoms with Gasteiger partial charge in [0.25, 0.3) is 0 Å². The number of aromatic nitrogens is 2. The number of allylic oxidation sites excluding steroid dienone is 2. The van der Waals surface area contributed by atoms with E-state index >= 15 is 0 Å². The Bertz CT molecular complexity index is 614. The normalized spacial score (nSPS) is 30.5. The van der Waals surface area contributed by atoms with Crippen molar-refractivity contribution in [2.24, 2.45) is 11.8 Å². The fourth-order valence-electron chi connectivity index (χ4n) is 3.27. The Morgan fingerprint density at radius 3 is 2.94 bits per heavy atom. The number of H-pyrrole nitrogens is 1. The van der Waals surface area contributed by atoms with Gasteiger partial charge < -0.3 is 4.98 Å². The minimum atomic E-state index is 0.608. The van der Waals surface area contributed by atoms with Crippen LogP contribution in [0.2, 0.25) is 0 Å². The SMILES string of the molecule is Brc1ccc2nc(C3CC4C=CC3C4)[nH]c2c1. The van der Waals surface area contributed by atoms with E-state index in [4.69, 9.17) is 4.98 Å². The average molecular weight is 289 g/mol. The zero-order valence-corrected chi connectivity index (χ0v) is 10.9. The van der Waals surface area contributed by atoms with Gasteiger partial charge in [0.1, 0.15) is 5.82 Å². The molecule has 0 saturated heterocycles. The van der Waals surface area contributed by atoms with Gasteiger partial charge in [0.05, 0.1) is 11.0 Å². The van der Waals surface area contributed by atoms with Gasteiger partial charge in [-0.15, -0.1) is 0 Å².